The molecular formula is C16H30O4Te. The molecule has 0 saturated carbocycles. The summed E-state index contributed by atoms with van der Waals surface area (Å²) in [7, 11) is 0. The maximum atomic E-state index is 10.3. The van der Waals surface area contributed by atoms with Crippen LogP contribution in [0.25, 0.3) is 0 Å². The van der Waals surface area contributed by atoms with E-state index in [1.807, 2.05) is 0 Å². The Bertz CT molecular complexity index is 243. The fraction of sp³-hybridized carbons (Fsp3) is 0.875. The zero-order chi connectivity index (χ0) is 15.8. The average molecular weight is 414 g/mol. The number of rotatable bonds is 16. The van der Waals surface area contributed by atoms with Crippen LogP contribution in [0.2, 0.25) is 8.94 Å². The van der Waals surface area contributed by atoms with Crippen LogP contribution in [0.3, 0.4) is 0 Å². The molecule has 5 heteroatoms. The van der Waals surface area contributed by atoms with Gasteiger partial charge in [0, 0.05) is 0 Å². The first-order valence-electron chi connectivity index (χ1n) is 8.14. The molecule has 0 aliphatic carbocycles. The van der Waals surface area contributed by atoms with Crippen LogP contribution in [0.1, 0.15) is 77.0 Å². The summed E-state index contributed by atoms with van der Waals surface area (Å²) in [6, 6.07) is 0. The number of carboxylic acids is 2. The van der Waals surface area contributed by atoms with Crippen LogP contribution >= 0.6 is 0 Å². The molecule has 0 aromatic rings. The van der Waals surface area contributed by atoms with Gasteiger partial charge in [0.05, 0.1) is 0 Å². The molecule has 0 amide bonds. The number of hydrogen-bond acceptors (Lipinski definition) is 2. The Morgan fingerprint density at radius 3 is 1.29 bits per heavy atom. The third-order valence-corrected chi connectivity index (χ3v) is 6.65. The summed E-state index contributed by atoms with van der Waals surface area (Å²) in [5.41, 5.74) is 0. The Morgan fingerprint density at radius 1 is 0.571 bits per heavy atom. The van der Waals surface area contributed by atoms with Gasteiger partial charge in [0.25, 0.3) is 0 Å². The number of aliphatic carboxylic acids is 2. The summed E-state index contributed by atoms with van der Waals surface area (Å²) in [5, 5.41) is 17.0. The summed E-state index contributed by atoms with van der Waals surface area (Å²) >= 11 is 0.194. The van der Waals surface area contributed by atoms with Crippen LogP contribution in [0, 0.1) is 0 Å². The Kier molecular flexibility index (Phi) is 15.9. The van der Waals surface area contributed by atoms with Crippen molar-refractivity contribution in [2.24, 2.45) is 0 Å². The van der Waals surface area contributed by atoms with Crippen molar-refractivity contribution in [2.75, 3.05) is 0 Å². The van der Waals surface area contributed by atoms with E-state index in [0.29, 0.717) is 12.8 Å². The van der Waals surface area contributed by atoms with Gasteiger partial charge in [-0.25, -0.2) is 0 Å². The number of carbonyl (C=O) groups is 2. The van der Waals surface area contributed by atoms with Gasteiger partial charge in [0.1, 0.15) is 0 Å². The molecule has 4 nitrogen and oxygen atoms in total. The Balaban J connectivity index is 2.99. The molecule has 0 aromatic carbocycles. The summed E-state index contributed by atoms with van der Waals surface area (Å²) in [5.74, 6) is -1.35. The molecule has 0 radical (unpaired) electrons. The molecule has 0 aliphatic rings. The molecular weight excluding hydrogens is 384 g/mol. The van der Waals surface area contributed by atoms with E-state index in [0.717, 1.165) is 25.7 Å². The molecule has 0 spiro atoms. The van der Waals surface area contributed by atoms with Crippen molar-refractivity contribution in [3.05, 3.63) is 0 Å². The molecule has 21 heavy (non-hydrogen) atoms. The SMILES string of the molecule is O=C(O)CCCCCCC[Te]CCCCCCCC(=O)O. The molecule has 0 rings (SSSR count). The van der Waals surface area contributed by atoms with Gasteiger partial charge in [-0.3, -0.25) is 0 Å². The molecule has 0 atom stereocenters. The molecule has 0 saturated heterocycles. The van der Waals surface area contributed by atoms with Crippen molar-refractivity contribution >= 4 is 32.9 Å². The predicted molar refractivity (Wildman–Crippen MR) is 86.0 cm³/mol. The standard InChI is InChI=1S/C16H30O4Te/c17-15(18)11-7-3-1-5-9-13-21-14-10-6-2-4-8-12-16(19)20/h1-14H2,(H,17,18)(H,19,20). The van der Waals surface area contributed by atoms with Crippen molar-refractivity contribution in [2.45, 2.75) is 86.0 Å². The second-order valence-electron chi connectivity index (χ2n) is 5.44. The van der Waals surface area contributed by atoms with Gasteiger partial charge in [-0.2, -0.15) is 0 Å². The molecule has 0 bridgehead atoms. The monoisotopic (exact) mass is 416 g/mol. The number of carboxylic acid groups (broad SMARTS) is 2. The minimum absolute atomic E-state index is 0.194. The normalized spacial score (nSPS) is 10.7. The molecule has 0 fully saturated rings. The van der Waals surface area contributed by atoms with E-state index in [-0.39, 0.29) is 20.9 Å². The second kappa shape index (κ2) is 16.1. The van der Waals surface area contributed by atoms with Crippen LogP contribution in [-0.4, -0.2) is 43.1 Å². The first-order valence-corrected chi connectivity index (χ1v) is 11.4. The van der Waals surface area contributed by atoms with E-state index >= 15 is 0 Å². The maximum absolute atomic E-state index is 10.3. The van der Waals surface area contributed by atoms with Gasteiger partial charge < -0.3 is 0 Å². The van der Waals surface area contributed by atoms with Crippen LogP contribution in [-0.2, 0) is 9.59 Å². The van der Waals surface area contributed by atoms with Crippen LogP contribution in [0.15, 0.2) is 0 Å². The van der Waals surface area contributed by atoms with Gasteiger partial charge in [-0.15, -0.1) is 0 Å². The predicted octanol–water partition coefficient (Wildman–Crippen LogP) is 4.38. The van der Waals surface area contributed by atoms with Crippen molar-refractivity contribution in [3.8, 4) is 0 Å². The van der Waals surface area contributed by atoms with Gasteiger partial charge in [-0.1, -0.05) is 0 Å². The van der Waals surface area contributed by atoms with E-state index < -0.39 is 11.9 Å². The summed E-state index contributed by atoms with van der Waals surface area (Å²) in [4.78, 5) is 20.7. The average Bonchev–Trinajstić information content (AvgIpc) is 2.42. The van der Waals surface area contributed by atoms with E-state index in [1.54, 1.807) is 0 Å². The zero-order valence-electron chi connectivity index (χ0n) is 13.0. The zero-order valence-corrected chi connectivity index (χ0v) is 15.3. The van der Waals surface area contributed by atoms with Gasteiger partial charge in [0.15, 0.2) is 0 Å². The van der Waals surface area contributed by atoms with Crippen LogP contribution in [0.4, 0.5) is 0 Å². The fourth-order valence-corrected chi connectivity index (χ4v) is 5.04. The Morgan fingerprint density at radius 2 is 0.905 bits per heavy atom. The van der Waals surface area contributed by atoms with Crippen LogP contribution < -0.4 is 0 Å². The van der Waals surface area contributed by atoms with Gasteiger partial charge in [0.2, 0.25) is 0 Å². The van der Waals surface area contributed by atoms with Crippen molar-refractivity contribution in [3.63, 3.8) is 0 Å². The Hall–Kier alpha value is -0.270. The molecule has 0 unspecified atom stereocenters. The third kappa shape index (κ3) is 19.7. The first kappa shape index (κ1) is 20.7. The molecule has 124 valence electrons. The summed E-state index contributed by atoms with van der Waals surface area (Å²) < 4.78 is 2.84. The number of hydrogen-bond donors (Lipinski definition) is 2. The Labute approximate surface area is 138 Å². The first-order chi connectivity index (χ1) is 10.1. The number of unbranched alkanes of at least 4 members (excludes halogenated alkanes) is 8. The van der Waals surface area contributed by atoms with Gasteiger partial charge in [-0.05, 0) is 0 Å². The molecule has 2 N–H and O–H groups in total. The van der Waals surface area contributed by atoms with E-state index in [2.05, 4.69) is 0 Å². The quantitative estimate of drug-likeness (QED) is 0.291. The van der Waals surface area contributed by atoms with Crippen molar-refractivity contribution < 1.29 is 19.8 Å². The second-order valence-corrected chi connectivity index (χ2v) is 8.93. The van der Waals surface area contributed by atoms with E-state index in [4.69, 9.17) is 10.2 Å². The van der Waals surface area contributed by atoms with Crippen molar-refractivity contribution in [1.29, 1.82) is 0 Å². The molecule has 0 aliphatic heterocycles. The fourth-order valence-electron chi connectivity index (χ4n) is 2.12. The van der Waals surface area contributed by atoms with Gasteiger partial charge >= 0.3 is 139 Å². The summed E-state index contributed by atoms with van der Waals surface area (Å²) in [6.07, 6.45) is 12.0. The third-order valence-electron chi connectivity index (χ3n) is 3.36. The molecule has 0 heterocycles. The molecule has 0 aromatic heterocycles. The van der Waals surface area contributed by atoms with Crippen molar-refractivity contribution in [1.82, 2.24) is 0 Å². The minimum atomic E-state index is -0.676. The van der Waals surface area contributed by atoms with E-state index in [1.165, 1.54) is 47.5 Å². The van der Waals surface area contributed by atoms with Crippen LogP contribution in [0.5, 0.6) is 0 Å². The summed E-state index contributed by atoms with van der Waals surface area (Å²) in [6.45, 7) is 0. The topological polar surface area (TPSA) is 74.6 Å². The van der Waals surface area contributed by atoms with E-state index in [9.17, 15) is 9.59 Å².